The van der Waals surface area contributed by atoms with E-state index in [2.05, 4.69) is 63.4 Å². The number of fused-ring (bicyclic) bond motifs is 7. The van der Waals surface area contributed by atoms with Gasteiger partial charge in [-0.15, -0.1) is 0 Å². The number of hydrogen-bond donors (Lipinski definition) is 1. The van der Waals surface area contributed by atoms with E-state index < -0.39 is 21.3 Å². The molecule has 7 rings (SSSR count). The Morgan fingerprint density at radius 3 is 2.48 bits per heavy atom. The van der Waals surface area contributed by atoms with Crippen molar-refractivity contribution in [2.75, 3.05) is 50.9 Å². The van der Waals surface area contributed by atoms with Gasteiger partial charge in [-0.05, 0) is 6.92 Å². The Kier molecular flexibility index (Phi) is 11.8. The van der Waals surface area contributed by atoms with Crippen molar-refractivity contribution in [2.45, 2.75) is 134 Å². The van der Waals surface area contributed by atoms with Crippen LogP contribution < -0.4 is 26.5 Å². The van der Waals surface area contributed by atoms with Gasteiger partial charge >= 0.3 is 301 Å². The molecule has 2 aliphatic heterocycles. The SMILES string of the molecule is C=C(C)[I-][C@@H]1CC[C@]2(NCCN3CCS(=C)(=O)CC3)CC[C@]3(C)[C@H](CCC4[C@@]5(C)CC=C(C6=COC(C)(C(=O)OCC)OC6)C(C)C5CCCC[C@]43C)C12. The van der Waals surface area contributed by atoms with Crippen LogP contribution in [0.1, 0.15) is 119 Å². The van der Waals surface area contributed by atoms with Crippen molar-refractivity contribution in [1.82, 2.24) is 10.2 Å². The summed E-state index contributed by atoms with van der Waals surface area (Å²) in [5.41, 5.74) is 3.54. The van der Waals surface area contributed by atoms with Crippen LogP contribution in [0.15, 0.2) is 33.6 Å². The second-order valence-corrected chi connectivity index (χ2v) is 26.3. The van der Waals surface area contributed by atoms with Crippen LogP contribution in [0.2, 0.25) is 0 Å². The van der Waals surface area contributed by atoms with Crippen LogP contribution in [-0.4, -0.2) is 87.1 Å². The van der Waals surface area contributed by atoms with E-state index in [1.807, 2.05) is 6.92 Å². The van der Waals surface area contributed by atoms with E-state index in [1.165, 1.54) is 73.4 Å². The van der Waals surface area contributed by atoms with Crippen molar-refractivity contribution in [3.63, 3.8) is 0 Å². The summed E-state index contributed by atoms with van der Waals surface area (Å²) in [5.74, 6) is 6.85. The molecule has 5 unspecified atom stereocenters. The van der Waals surface area contributed by atoms with E-state index >= 15 is 0 Å². The number of carbonyl (C=O) groups excluding carboxylic acids is 1. The molecule has 7 aliphatic rings. The van der Waals surface area contributed by atoms with Crippen molar-refractivity contribution in [2.24, 2.45) is 45.8 Å². The van der Waals surface area contributed by atoms with Crippen molar-refractivity contribution >= 4 is 21.4 Å². The van der Waals surface area contributed by atoms with Gasteiger partial charge in [-0.3, -0.25) is 0 Å². The van der Waals surface area contributed by atoms with Crippen molar-refractivity contribution in [3.8, 4) is 0 Å². The van der Waals surface area contributed by atoms with Crippen LogP contribution in [0.5, 0.6) is 0 Å². The van der Waals surface area contributed by atoms with Crippen LogP contribution in [0.4, 0.5) is 0 Å². The van der Waals surface area contributed by atoms with Crippen LogP contribution in [0.25, 0.3) is 0 Å². The third-order valence-electron chi connectivity index (χ3n) is 16.8. The summed E-state index contributed by atoms with van der Waals surface area (Å²) in [6.45, 7) is 25.6. The molecule has 0 aromatic heterocycles. The standard InChI is InChI=1S/C45H72IN2O5S/c1-10-51-40(49)44(8)52-29-33(30-53-44)34-16-19-41(5)35(32(34)4)13-11-12-18-43(7)38(41)15-14-36-39-37(46-31(2)3)17-20-45(39,22-21-42(36,43)6)47-23-24-48-25-27-54(9,50)28-26-48/h16,29,32,35-39,47H,2,9-15,17-28,30H2,1,3-8H3/q-1/t32?,35?,36-,37-,38?,39?,41+,42-,43-,44?,45+/m1/s1. The van der Waals surface area contributed by atoms with Gasteiger partial charge in [0.1, 0.15) is 0 Å². The average Bonchev–Trinajstić information content (AvgIpc) is 3.46. The number of halogens is 1. The maximum absolute atomic E-state index is 12.6. The molecular formula is C45H72IN2O5S-. The Morgan fingerprint density at radius 1 is 1.04 bits per heavy atom. The fourth-order valence-corrected chi connectivity index (χ4v) is 18.7. The molecule has 5 fully saturated rings. The van der Waals surface area contributed by atoms with E-state index in [9.17, 15) is 9.00 Å². The third kappa shape index (κ3) is 7.14. The van der Waals surface area contributed by atoms with Crippen molar-refractivity contribution in [1.29, 1.82) is 0 Å². The first-order valence-electron chi connectivity index (χ1n) is 21.5. The molecule has 0 spiro atoms. The Balaban J connectivity index is 1.14. The van der Waals surface area contributed by atoms with E-state index in [1.54, 1.807) is 13.2 Å². The molecule has 0 bridgehead atoms. The summed E-state index contributed by atoms with van der Waals surface area (Å²) >= 11 is -0.0569. The average molecular weight is 880 g/mol. The van der Waals surface area contributed by atoms with Crippen molar-refractivity contribution < 1.29 is 44.4 Å². The summed E-state index contributed by atoms with van der Waals surface area (Å²) < 4.78 is 32.1. The van der Waals surface area contributed by atoms with E-state index in [0.29, 0.717) is 41.8 Å². The Bertz CT molecular complexity index is 1610. The molecule has 5 aliphatic carbocycles. The Hall–Kier alpha value is -0.880. The van der Waals surface area contributed by atoms with Crippen LogP contribution in [-0.2, 0) is 28.5 Å². The number of ether oxygens (including phenoxy) is 3. The van der Waals surface area contributed by atoms with Gasteiger partial charge in [-0.1, -0.05) is 0 Å². The summed E-state index contributed by atoms with van der Waals surface area (Å²) in [4.78, 5) is 15.1. The molecule has 0 aromatic rings. The number of allylic oxidation sites excluding steroid dienone is 2. The van der Waals surface area contributed by atoms with Gasteiger partial charge < -0.3 is 14.2 Å². The first-order chi connectivity index (χ1) is 25.5. The number of hydrogen-bond acceptors (Lipinski definition) is 7. The molecule has 1 N–H and O–H groups in total. The molecule has 11 atom stereocenters. The fraction of sp³-hybridized carbons (Fsp3) is 0.822. The van der Waals surface area contributed by atoms with E-state index in [-0.39, 0.29) is 32.2 Å². The number of nitrogens with one attached hydrogen (secondary N) is 1. The first kappa shape index (κ1) is 41.3. The molecule has 4 saturated carbocycles. The van der Waals surface area contributed by atoms with E-state index in [4.69, 9.17) is 14.2 Å². The van der Waals surface area contributed by atoms with Gasteiger partial charge in [-0.25, -0.2) is 4.79 Å². The van der Waals surface area contributed by atoms with Gasteiger partial charge in [-0.2, -0.15) is 0 Å². The summed E-state index contributed by atoms with van der Waals surface area (Å²) in [5, 5.41) is 4.34. The second-order valence-electron chi connectivity index (χ2n) is 19.5. The predicted octanol–water partition coefficient (Wildman–Crippen LogP) is 4.95. The normalized spacial score (nSPS) is 44.9. The number of carbonyl (C=O) groups is 1. The minimum atomic E-state index is -1.86. The van der Waals surface area contributed by atoms with Crippen LogP contribution >= 0.6 is 0 Å². The Morgan fingerprint density at radius 2 is 1.80 bits per heavy atom. The topological polar surface area (TPSA) is 77.1 Å². The molecule has 0 radical (unpaired) electrons. The number of alkyl halides is 1. The molecule has 2 heterocycles. The van der Waals surface area contributed by atoms with Gasteiger partial charge in [0.25, 0.3) is 0 Å². The summed E-state index contributed by atoms with van der Waals surface area (Å²) in [7, 11) is -1.86. The van der Waals surface area contributed by atoms with Crippen molar-refractivity contribution in [3.05, 3.63) is 33.6 Å². The van der Waals surface area contributed by atoms with Gasteiger partial charge in [0.05, 0.1) is 6.61 Å². The number of nitrogens with zero attached hydrogens (tertiary/aromatic N) is 1. The number of rotatable bonds is 9. The second kappa shape index (κ2) is 15.4. The zero-order valence-electron chi connectivity index (χ0n) is 34.7. The molecule has 0 amide bonds. The molecule has 1 saturated heterocycles. The zero-order valence-corrected chi connectivity index (χ0v) is 37.7. The zero-order chi connectivity index (χ0) is 38.7. The van der Waals surface area contributed by atoms with Gasteiger partial charge in [0.2, 0.25) is 0 Å². The van der Waals surface area contributed by atoms with Gasteiger partial charge in [0.15, 0.2) is 0 Å². The van der Waals surface area contributed by atoms with E-state index in [0.717, 1.165) is 65.4 Å². The molecule has 0 aromatic carbocycles. The molecular weight excluding hydrogens is 807 g/mol. The number of esters is 1. The molecule has 54 heavy (non-hydrogen) atoms. The monoisotopic (exact) mass is 879 g/mol. The molecule has 306 valence electrons. The first-order valence-corrected chi connectivity index (χ1v) is 25.9. The summed E-state index contributed by atoms with van der Waals surface area (Å²) in [6, 6.07) is 0. The predicted molar refractivity (Wildman–Crippen MR) is 217 cm³/mol. The maximum atomic E-state index is 12.6. The molecule has 9 heteroatoms. The summed E-state index contributed by atoms with van der Waals surface area (Å²) in [6.07, 6.45) is 18.7. The van der Waals surface area contributed by atoms with Gasteiger partial charge in [0, 0.05) is 6.92 Å². The van der Waals surface area contributed by atoms with Crippen LogP contribution in [0, 0.1) is 45.8 Å². The molecule has 7 nitrogen and oxygen atoms in total. The minimum absolute atomic E-state index is 0.0569. The third-order valence-corrected chi connectivity index (χ3v) is 21.9. The quantitative estimate of drug-likeness (QED) is 0.152. The Labute approximate surface area is 338 Å². The fourth-order valence-electron chi connectivity index (χ4n) is 13.7. The van der Waals surface area contributed by atoms with Crippen LogP contribution in [0.3, 0.4) is 0 Å².